The summed E-state index contributed by atoms with van der Waals surface area (Å²) in [5.41, 5.74) is 2.26. The third kappa shape index (κ3) is 2.38. The van der Waals surface area contributed by atoms with Gasteiger partial charge in [0.25, 0.3) is 5.56 Å². The number of fused-ring (bicyclic) bond motifs is 1. The quantitative estimate of drug-likeness (QED) is 0.847. The topological polar surface area (TPSA) is 48.3 Å². The van der Waals surface area contributed by atoms with Crippen molar-refractivity contribution in [2.45, 2.75) is 20.3 Å². The summed E-state index contributed by atoms with van der Waals surface area (Å²) in [6.45, 7) is 3.43. The van der Waals surface area contributed by atoms with E-state index in [0.29, 0.717) is 5.56 Å². The van der Waals surface area contributed by atoms with E-state index in [1.807, 2.05) is 19.1 Å². The van der Waals surface area contributed by atoms with Crippen LogP contribution in [0.3, 0.4) is 0 Å². The Labute approximate surface area is 111 Å². The van der Waals surface area contributed by atoms with E-state index in [1.54, 1.807) is 24.8 Å². The van der Waals surface area contributed by atoms with Gasteiger partial charge in [0.1, 0.15) is 11.5 Å². The van der Waals surface area contributed by atoms with Gasteiger partial charge in [-0.25, -0.2) is 0 Å². The minimum absolute atomic E-state index is 0.0175. The number of methoxy groups -OCH3 is 1. The number of benzene rings is 1. The lowest BCUT2D eigenvalue weighted by molar-refractivity contribution is -0.116. The summed E-state index contributed by atoms with van der Waals surface area (Å²) in [7, 11) is 3.34. The van der Waals surface area contributed by atoms with Crippen molar-refractivity contribution in [3.8, 4) is 5.75 Å². The van der Waals surface area contributed by atoms with Crippen LogP contribution in [0.5, 0.6) is 5.75 Å². The van der Waals surface area contributed by atoms with Gasteiger partial charge in [-0.15, -0.1) is 0 Å². The second kappa shape index (κ2) is 4.88. The average molecular weight is 259 g/mol. The first kappa shape index (κ1) is 13.3. The van der Waals surface area contributed by atoms with E-state index in [4.69, 9.17) is 4.74 Å². The number of nitrogens with zero attached hydrogens (tertiary/aromatic N) is 1. The largest absolute Gasteiger partial charge is 0.497 e. The molecule has 4 nitrogen and oxygen atoms in total. The summed E-state index contributed by atoms with van der Waals surface area (Å²) in [6, 6.07) is 5.56. The monoisotopic (exact) mass is 259 g/mol. The molecule has 2 aromatic rings. The molecule has 0 N–H and O–H groups in total. The van der Waals surface area contributed by atoms with E-state index in [9.17, 15) is 9.59 Å². The fourth-order valence-corrected chi connectivity index (χ4v) is 2.42. The number of aromatic nitrogens is 1. The molecule has 0 radical (unpaired) electrons. The predicted octanol–water partition coefficient (Wildman–Crippen LogP) is 1.99. The van der Waals surface area contributed by atoms with Crippen molar-refractivity contribution in [1.29, 1.82) is 0 Å². The molecule has 100 valence electrons. The summed E-state index contributed by atoms with van der Waals surface area (Å²) in [5.74, 6) is 0.730. The standard InChI is InChI=1S/C15H17NO3/c1-9-5-13(19-4)8-11-7-12(6-10(2)17)15(18)16(3)14(9)11/h5,7-8H,6H2,1-4H3. The number of carbonyl (C=O) groups is 1. The summed E-state index contributed by atoms with van der Waals surface area (Å²) in [5, 5.41) is 0.912. The van der Waals surface area contributed by atoms with Gasteiger partial charge in [-0.2, -0.15) is 0 Å². The third-order valence-corrected chi connectivity index (χ3v) is 3.22. The number of rotatable bonds is 3. The summed E-state index contributed by atoms with van der Waals surface area (Å²) >= 11 is 0. The van der Waals surface area contributed by atoms with Crippen LogP contribution in [0, 0.1) is 6.92 Å². The number of hydrogen-bond donors (Lipinski definition) is 0. The molecule has 2 rings (SSSR count). The highest BCUT2D eigenvalue weighted by Crippen LogP contribution is 2.24. The van der Waals surface area contributed by atoms with Crippen LogP contribution in [0.15, 0.2) is 23.0 Å². The van der Waals surface area contributed by atoms with Crippen LogP contribution < -0.4 is 10.3 Å². The van der Waals surface area contributed by atoms with Crippen LogP contribution in [0.25, 0.3) is 10.9 Å². The molecule has 0 saturated heterocycles. The maximum Gasteiger partial charge on any atom is 0.254 e. The second-order valence-corrected chi connectivity index (χ2v) is 4.79. The summed E-state index contributed by atoms with van der Waals surface area (Å²) < 4.78 is 6.84. The smallest absolute Gasteiger partial charge is 0.254 e. The second-order valence-electron chi connectivity index (χ2n) is 4.79. The Kier molecular flexibility index (Phi) is 3.42. The molecule has 1 aromatic carbocycles. The van der Waals surface area contributed by atoms with Gasteiger partial charge in [0.2, 0.25) is 0 Å². The Hall–Kier alpha value is -2.10. The molecular weight excluding hydrogens is 242 g/mol. The first-order chi connectivity index (χ1) is 8.93. The van der Waals surface area contributed by atoms with Crippen molar-refractivity contribution in [3.63, 3.8) is 0 Å². The Balaban J connectivity index is 2.80. The van der Waals surface area contributed by atoms with Gasteiger partial charge in [0.05, 0.1) is 12.6 Å². The molecule has 0 saturated carbocycles. The van der Waals surface area contributed by atoms with Gasteiger partial charge < -0.3 is 9.30 Å². The molecule has 1 aromatic heterocycles. The SMILES string of the molecule is COc1cc(C)c2c(c1)cc(CC(C)=O)c(=O)n2C. The van der Waals surface area contributed by atoms with E-state index < -0.39 is 0 Å². The number of ketones is 1. The fourth-order valence-electron chi connectivity index (χ4n) is 2.42. The van der Waals surface area contributed by atoms with E-state index in [1.165, 1.54) is 6.92 Å². The van der Waals surface area contributed by atoms with Crippen molar-refractivity contribution in [3.05, 3.63) is 39.7 Å². The van der Waals surface area contributed by atoms with Gasteiger partial charge in [0.15, 0.2) is 0 Å². The highest BCUT2D eigenvalue weighted by Gasteiger charge is 2.11. The molecule has 0 aliphatic rings. The molecule has 0 fully saturated rings. The molecule has 0 bridgehead atoms. The van der Waals surface area contributed by atoms with Gasteiger partial charge in [-0.1, -0.05) is 0 Å². The summed E-state index contributed by atoms with van der Waals surface area (Å²) in [4.78, 5) is 23.4. The fraction of sp³-hybridized carbons (Fsp3) is 0.333. The Morgan fingerprint density at radius 1 is 1.32 bits per heavy atom. The van der Waals surface area contributed by atoms with E-state index in [2.05, 4.69) is 0 Å². The molecule has 1 heterocycles. The van der Waals surface area contributed by atoms with Gasteiger partial charge in [-0.05, 0) is 37.6 Å². The van der Waals surface area contributed by atoms with Crippen molar-refractivity contribution in [1.82, 2.24) is 4.57 Å². The molecule has 0 spiro atoms. The molecule has 0 unspecified atom stereocenters. The van der Waals surface area contributed by atoms with Crippen molar-refractivity contribution < 1.29 is 9.53 Å². The maximum atomic E-state index is 12.2. The zero-order valence-corrected chi connectivity index (χ0v) is 11.6. The van der Waals surface area contributed by atoms with Crippen LogP contribution in [0.2, 0.25) is 0 Å². The molecule has 0 atom stereocenters. The van der Waals surface area contributed by atoms with Crippen molar-refractivity contribution in [2.75, 3.05) is 7.11 Å². The highest BCUT2D eigenvalue weighted by atomic mass is 16.5. The minimum Gasteiger partial charge on any atom is -0.497 e. The number of Topliss-reactive ketones (excluding diaryl/α,β-unsaturated/α-hetero) is 1. The van der Waals surface area contributed by atoms with Crippen molar-refractivity contribution in [2.24, 2.45) is 7.05 Å². The van der Waals surface area contributed by atoms with Crippen LogP contribution in [0.4, 0.5) is 0 Å². The van der Waals surface area contributed by atoms with E-state index >= 15 is 0 Å². The number of pyridine rings is 1. The Bertz CT molecular complexity index is 713. The molecule has 0 amide bonds. The highest BCUT2D eigenvalue weighted by molar-refractivity contribution is 5.86. The minimum atomic E-state index is -0.115. The lowest BCUT2D eigenvalue weighted by Crippen LogP contribution is -2.23. The summed E-state index contributed by atoms with van der Waals surface area (Å²) in [6.07, 6.45) is 0.166. The van der Waals surface area contributed by atoms with Crippen LogP contribution >= 0.6 is 0 Å². The molecule has 0 aliphatic carbocycles. The lowest BCUT2D eigenvalue weighted by Gasteiger charge is -2.12. The third-order valence-electron chi connectivity index (χ3n) is 3.22. The molecular formula is C15H17NO3. The van der Waals surface area contributed by atoms with Gasteiger partial charge >= 0.3 is 0 Å². The number of aryl methyl sites for hydroxylation is 2. The normalized spacial score (nSPS) is 10.7. The maximum absolute atomic E-state index is 12.2. The first-order valence-electron chi connectivity index (χ1n) is 6.10. The van der Waals surface area contributed by atoms with Crippen LogP contribution in [-0.2, 0) is 18.3 Å². The zero-order valence-electron chi connectivity index (χ0n) is 11.6. The predicted molar refractivity (Wildman–Crippen MR) is 74.9 cm³/mol. The number of hydrogen-bond acceptors (Lipinski definition) is 3. The molecule has 19 heavy (non-hydrogen) atoms. The van der Waals surface area contributed by atoms with E-state index in [0.717, 1.165) is 22.2 Å². The molecule has 4 heteroatoms. The van der Waals surface area contributed by atoms with Gasteiger partial charge in [-0.3, -0.25) is 9.59 Å². The van der Waals surface area contributed by atoms with E-state index in [-0.39, 0.29) is 17.8 Å². The zero-order chi connectivity index (χ0) is 14.2. The van der Waals surface area contributed by atoms with Crippen LogP contribution in [-0.4, -0.2) is 17.5 Å². The van der Waals surface area contributed by atoms with Crippen molar-refractivity contribution >= 4 is 16.7 Å². The Morgan fingerprint density at radius 3 is 2.58 bits per heavy atom. The average Bonchev–Trinajstić information content (AvgIpc) is 2.34. The first-order valence-corrected chi connectivity index (χ1v) is 6.10. The lowest BCUT2D eigenvalue weighted by atomic mass is 10.0. The number of ether oxygens (including phenoxy) is 1. The number of carbonyl (C=O) groups excluding carboxylic acids is 1. The molecule has 0 aliphatic heterocycles. The van der Waals surface area contributed by atoms with Crippen LogP contribution in [0.1, 0.15) is 18.1 Å². The van der Waals surface area contributed by atoms with Gasteiger partial charge in [0, 0.05) is 24.4 Å². The Morgan fingerprint density at radius 2 is 2.00 bits per heavy atom.